The van der Waals surface area contributed by atoms with E-state index in [1.807, 2.05) is 6.92 Å². The fourth-order valence-electron chi connectivity index (χ4n) is 3.41. The van der Waals surface area contributed by atoms with Crippen LogP contribution in [0.2, 0.25) is 0 Å². The molecule has 5 nitrogen and oxygen atoms in total. The second kappa shape index (κ2) is 6.57. The van der Waals surface area contributed by atoms with Gasteiger partial charge in [-0.15, -0.1) is 0 Å². The first-order chi connectivity index (χ1) is 9.52. The van der Waals surface area contributed by atoms with E-state index < -0.39 is 11.5 Å². The van der Waals surface area contributed by atoms with Gasteiger partial charge in [0.2, 0.25) is 5.91 Å². The molecule has 114 valence electrons. The molecule has 2 aliphatic rings. The van der Waals surface area contributed by atoms with Gasteiger partial charge in [0.05, 0.1) is 12.5 Å². The summed E-state index contributed by atoms with van der Waals surface area (Å²) in [7, 11) is 0. The minimum absolute atomic E-state index is 0.0457. The van der Waals surface area contributed by atoms with Crippen LogP contribution in [0.3, 0.4) is 0 Å². The van der Waals surface area contributed by atoms with Crippen molar-refractivity contribution in [3.8, 4) is 0 Å². The van der Waals surface area contributed by atoms with Crippen LogP contribution in [-0.2, 0) is 14.3 Å². The van der Waals surface area contributed by atoms with Crippen molar-refractivity contribution in [1.29, 1.82) is 0 Å². The predicted octanol–water partition coefficient (Wildman–Crippen LogP) is 2.10. The van der Waals surface area contributed by atoms with Crippen LogP contribution in [-0.4, -0.2) is 35.2 Å². The Morgan fingerprint density at radius 1 is 1.30 bits per heavy atom. The van der Waals surface area contributed by atoms with E-state index in [0.717, 1.165) is 32.1 Å². The van der Waals surface area contributed by atoms with Gasteiger partial charge in [-0.1, -0.05) is 19.8 Å². The molecule has 2 fully saturated rings. The molecule has 1 heterocycles. The smallest absolute Gasteiger partial charge is 0.329 e. The lowest BCUT2D eigenvalue weighted by atomic mass is 9.76. The third-order valence-corrected chi connectivity index (χ3v) is 4.47. The molecule has 20 heavy (non-hydrogen) atoms. The molecule has 0 aromatic heterocycles. The number of nitrogens with one attached hydrogen (secondary N) is 1. The fourth-order valence-corrected chi connectivity index (χ4v) is 3.41. The van der Waals surface area contributed by atoms with Crippen molar-refractivity contribution >= 4 is 11.9 Å². The summed E-state index contributed by atoms with van der Waals surface area (Å²) in [5.74, 6) is -0.749. The SMILES string of the molecule is CC1CCCC(NC(=O)CC2CCCCO2)(C(=O)O)C1. The van der Waals surface area contributed by atoms with Gasteiger partial charge in [-0.05, 0) is 38.0 Å². The number of rotatable bonds is 4. The van der Waals surface area contributed by atoms with Gasteiger partial charge in [0.15, 0.2) is 0 Å². The van der Waals surface area contributed by atoms with E-state index >= 15 is 0 Å². The first-order valence-electron chi connectivity index (χ1n) is 7.68. The van der Waals surface area contributed by atoms with E-state index in [-0.39, 0.29) is 18.4 Å². The molecule has 3 unspecified atom stereocenters. The zero-order valence-corrected chi connectivity index (χ0v) is 12.2. The van der Waals surface area contributed by atoms with Crippen LogP contribution in [0.5, 0.6) is 0 Å². The molecule has 3 atom stereocenters. The molecule has 2 rings (SSSR count). The first-order valence-corrected chi connectivity index (χ1v) is 7.68. The Balaban J connectivity index is 1.93. The third kappa shape index (κ3) is 3.72. The lowest BCUT2D eigenvalue weighted by Crippen LogP contribution is -2.57. The molecule has 0 aromatic carbocycles. The van der Waals surface area contributed by atoms with E-state index in [1.165, 1.54) is 0 Å². The number of aliphatic carboxylic acids is 1. The molecule has 1 amide bonds. The van der Waals surface area contributed by atoms with Crippen molar-refractivity contribution in [2.45, 2.75) is 69.9 Å². The van der Waals surface area contributed by atoms with Crippen LogP contribution in [0.1, 0.15) is 58.3 Å². The highest BCUT2D eigenvalue weighted by molar-refractivity contribution is 5.87. The molecule has 2 N–H and O–H groups in total. The maximum atomic E-state index is 12.1. The van der Waals surface area contributed by atoms with Gasteiger partial charge in [-0.25, -0.2) is 4.79 Å². The van der Waals surface area contributed by atoms with Crippen molar-refractivity contribution in [3.05, 3.63) is 0 Å². The van der Waals surface area contributed by atoms with Crippen molar-refractivity contribution in [1.82, 2.24) is 5.32 Å². The highest BCUT2D eigenvalue weighted by Gasteiger charge is 2.43. The maximum Gasteiger partial charge on any atom is 0.329 e. The number of hydrogen-bond donors (Lipinski definition) is 2. The average Bonchev–Trinajstić information content (AvgIpc) is 2.39. The van der Waals surface area contributed by atoms with Crippen molar-refractivity contribution in [2.24, 2.45) is 5.92 Å². The highest BCUT2D eigenvalue weighted by Crippen LogP contribution is 2.32. The average molecular weight is 283 g/mol. The zero-order valence-electron chi connectivity index (χ0n) is 12.2. The van der Waals surface area contributed by atoms with E-state index in [1.54, 1.807) is 0 Å². The minimum Gasteiger partial charge on any atom is -0.480 e. The molecule has 5 heteroatoms. The number of ether oxygens (including phenoxy) is 1. The Hall–Kier alpha value is -1.10. The topological polar surface area (TPSA) is 75.6 Å². The van der Waals surface area contributed by atoms with Crippen LogP contribution in [0, 0.1) is 5.92 Å². The molecular formula is C15H25NO4. The number of carbonyl (C=O) groups excluding carboxylic acids is 1. The van der Waals surface area contributed by atoms with E-state index in [4.69, 9.17) is 4.74 Å². The summed E-state index contributed by atoms with van der Waals surface area (Å²) in [4.78, 5) is 23.7. The number of carboxylic acids is 1. The summed E-state index contributed by atoms with van der Waals surface area (Å²) in [6.07, 6.45) is 6.21. The Labute approximate surface area is 120 Å². The maximum absolute atomic E-state index is 12.1. The van der Waals surface area contributed by atoms with Crippen LogP contribution in [0.15, 0.2) is 0 Å². The molecule has 1 aliphatic heterocycles. The highest BCUT2D eigenvalue weighted by atomic mass is 16.5. The molecule has 1 saturated carbocycles. The second-order valence-corrected chi connectivity index (χ2v) is 6.33. The standard InChI is InChI=1S/C15H25NO4/c1-11-5-4-7-15(10-11,14(18)19)16-13(17)9-12-6-2-3-8-20-12/h11-12H,2-10H2,1H3,(H,16,17)(H,18,19). The second-order valence-electron chi connectivity index (χ2n) is 6.33. The third-order valence-electron chi connectivity index (χ3n) is 4.47. The van der Waals surface area contributed by atoms with Gasteiger partial charge in [0.25, 0.3) is 0 Å². The summed E-state index contributed by atoms with van der Waals surface area (Å²) < 4.78 is 5.54. The van der Waals surface area contributed by atoms with Crippen LogP contribution >= 0.6 is 0 Å². The molecular weight excluding hydrogens is 258 g/mol. The van der Waals surface area contributed by atoms with Crippen LogP contribution in [0.4, 0.5) is 0 Å². The lowest BCUT2D eigenvalue weighted by Gasteiger charge is -2.37. The van der Waals surface area contributed by atoms with Gasteiger partial charge in [-0.3, -0.25) is 4.79 Å². The molecule has 0 bridgehead atoms. The predicted molar refractivity (Wildman–Crippen MR) is 74.3 cm³/mol. The van der Waals surface area contributed by atoms with Gasteiger partial charge in [-0.2, -0.15) is 0 Å². The van der Waals surface area contributed by atoms with E-state index in [9.17, 15) is 14.7 Å². The molecule has 0 spiro atoms. The van der Waals surface area contributed by atoms with Crippen LogP contribution in [0.25, 0.3) is 0 Å². The quantitative estimate of drug-likeness (QED) is 0.828. The molecule has 1 saturated heterocycles. The molecule has 1 aliphatic carbocycles. The van der Waals surface area contributed by atoms with E-state index in [0.29, 0.717) is 25.4 Å². The summed E-state index contributed by atoms with van der Waals surface area (Å²) in [6.45, 7) is 2.76. The Morgan fingerprint density at radius 3 is 2.70 bits per heavy atom. The minimum atomic E-state index is -1.07. The summed E-state index contributed by atoms with van der Waals surface area (Å²) in [5, 5.41) is 12.3. The Kier molecular flexibility index (Phi) is 5.02. The Morgan fingerprint density at radius 2 is 2.10 bits per heavy atom. The van der Waals surface area contributed by atoms with Gasteiger partial charge in [0, 0.05) is 6.61 Å². The van der Waals surface area contributed by atoms with Gasteiger partial charge in [0.1, 0.15) is 5.54 Å². The number of amides is 1. The van der Waals surface area contributed by atoms with Crippen LogP contribution < -0.4 is 5.32 Å². The summed E-state index contributed by atoms with van der Waals surface area (Å²) >= 11 is 0. The van der Waals surface area contributed by atoms with Crippen molar-refractivity contribution in [2.75, 3.05) is 6.61 Å². The van der Waals surface area contributed by atoms with Gasteiger partial charge < -0.3 is 15.2 Å². The zero-order chi connectivity index (χ0) is 14.6. The molecule has 0 aromatic rings. The summed E-state index contributed by atoms with van der Waals surface area (Å²) in [5.41, 5.74) is -1.07. The van der Waals surface area contributed by atoms with Gasteiger partial charge >= 0.3 is 5.97 Å². The number of carboxylic acid groups (broad SMARTS) is 1. The first kappa shape index (κ1) is 15.3. The Bertz CT molecular complexity index is 365. The molecule has 0 radical (unpaired) electrons. The van der Waals surface area contributed by atoms with Crippen molar-refractivity contribution < 1.29 is 19.4 Å². The normalized spacial score (nSPS) is 34.5. The fraction of sp³-hybridized carbons (Fsp3) is 0.867. The van der Waals surface area contributed by atoms with E-state index in [2.05, 4.69) is 5.32 Å². The largest absolute Gasteiger partial charge is 0.480 e. The van der Waals surface area contributed by atoms with Crippen molar-refractivity contribution in [3.63, 3.8) is 0 Å². The number of carbonyl (C=O) groups is 2. The number of hydrogen-bond acceptors (Lipinski definition) is 3. The monoisotopic (exact) mass is 283 g/mol. The summed E-state index contributed by atoms with van der Waals surface area (Å²) in [6, 6.07) is 0. The lowest BCUT2D eigenvalue weighted by molar-refractivity contribution is -0.150.